The first kappa shape index (κ1) is 20.3. The van der Waals surface area contributed by atoms with E-state index in [-0.39, 0.29) is 0 Å². The van der Waals surface area contributed by atoms with E-state index in [1.54, 1.807) is 0 Å². The predicted molar refractivity (Wildman–Crippen MR) is 128 cm³/mol. The second-order valence-corrected chi connectivity index (χ2v) is 8.96. The molecule has 2 aromatic heterocycles. The zero-order chi connectivity index (χ0) is 21.2. The van der Waals surface area contributed by atoms with Crippen LogP contribution in [0, 0.1) is 0 Å². The normalized spacial score (nSPS) is 13.7. The third kappa shape index (κ3) is 4.54. The molecule has 1 aliphatic rings. The van der Waals surface area contributed by atoms with Gasteiger partial charge in [0.25, 0.3) is 0 Å². The van der Waals surface area contributed by atoms with Crippen LogP contribution in [0.4, 0.5) is 0 Å². The summed E-state index contributed by atoms with van der Waals surface area (Å²) < 4.78 is 1.06. The average Bonchev–Trinajstić information content (AvgIpc) is 2.80. The first-order valence-corrected chi connectivity index (χ1v) is 11.4. The van der Waals surface area contributed by atoms with Crippen LogP contribution in [0.15, 0.2) is 77.5 Å². The fourth-order valence-electron chi connectivity index (χ4n) is 3.85. The van der Waals surface area contributed by atoms with Crippen LogP contribution in [0.3, 0.4) is 0 Å². The van der Waals surface area contributed by atoms with Crippen LogP contribution in [0.5, 0.6) is 0 Å². The Morgan fingerprint density at radius 3 is 2.55 bits per heavy atom. The van der Waals surface area contributed by atoms with Gasteiger partial charge in [0.1, 0.15) is 0 Å². The van der Waals surface area contributed by atoms with E-state index in [4.69, 9.17) is 16.6 Å². The molecular weight excluding hydrogens is 472 g/mol. The highest BCUT2D eigenvalue weighted by molar-refractivity contribution is 9.10. The molecule has 2 aromatic carbocycles. The second kappa shape index (κ2) is 8.87. The van der Waals surface area contributed by atoms with Gasteiger partial charge < -0.3 is 0 Å². The van der Waals surface area contributed by atoms with E-state index >= 15 is 0 Å². The number of hydrogen-bond donors (Lipinski definition) is 0. The van der Waals surface area contributed by atoms with Gasteiger partial charge in [0, 0.05) is 64.6 Å². The Morgan fingerprint density at radius 1 is 0.935 bits per heavy atom. The average molecular weight is 492 g/mol. The number of hydrogen-bond acceptors (Lipinski definition) is 4. The molecule has 0 N–H and O–H groups in total. The Kier molecular flexibility index (Phi) is 5.81. The summed E-state index contributed by atoms with van der Waals surface area (Å²) in [6, 6.07) is 20.1. The Balaban J connectivity index is 1.28. The van der Waals surface area contributed by atoms with Gasteiger partial charge in [0.15, 0.2) is 5.82 Å². The minimum Gasteiger partial charge on any atom is -0.294 e. The third-order valence-corrected chi connectivity index (χ3v) is 6.44. The zero-order valence-electron chi connectivity index (χ0n) is 16.8. The lowest BCUT2D eigenvalue weighted by Gasteiger charge is -2.28. The summed E-state index contributed by atoms with van der Waals surface area (Å²) >= 11 is 9.59. The number of rotatable bonds is 4. The van der Waals surface area contributed by atoms with Crippen molar-refractivity contribution in [2.45, 2.75) is 19.5 Å². The molecule has 6 heteroatoms. The van der Waals surface area contributed by atoms with Crippen molar-refractivity contribution in [1.29, 1.82) is 0 Å². The molecule has 0 fully saturated rings. The van der Waals surface area contributed by atoms with Crippen molar-refractivity contribution in [3.05, 3.63) is 99.4 Å². The SMILES string of the molecule is Clc1ccc(-c2ncc3c(n2)CCN(Cc2ccc(-c4ccccc4Br)nc2)C3)cc1. The molecule has 0 unspecified atom stereocenters. The fourth-order valence-corrected chi connectivity index (χ4v) is 4.47. The Hall–Kier alpha value is -2.60. The molecule has 0 atom stereocenters. The van der Waals surface area contributed by atoms with Gasteiger partial charge in [-0.3, -0.25) is 9.88 Å². The number of benzene rings is 2. The van der Waals surface area contributed by atoms with Crippen molar-refractivity contribution < 1.29 is 0 Å². The van der Waals surface area contributed by atoms with E-state index in [0.29, 0.717) is 0 Å². The number of aromatic nitrogens is 3. The maximum Gasteiger partial charge on any atom is 0.159 e. The molecule has 154 valence electrons. The van der Waals surface area contributed by atoms with Crippen LogP contribution in [0.25, 0.3) is 22.6 Å². The Labute approximate surface area is 195 Å². The largest absolute Gasteiger partial charge is 0.294 e. The quantitative estimate of drug-likeness (QED) is 0.342. The minimum atomic E-state index is 0.719. The topological polar surface area (TPSA) is 41.9 Å². The summed E-state index contributed by atoms with van der Waals surface area (Å²) in [6.07, 6.45) is 4.86. The van der Waals surface area contributed by atoms with Crippen LogP contribution in [-0.4, -0.2) is 26.4 Å². The monoisotopic (exact) mass is 490 g/mol. The maximum absolute atomic E-state index is 5.99. The van der Waals surface area contributed by atoms with Crippen LogP contribution in [-0.2, 0) is 19.5 Å². The van der Waals surface area contributed by atoms with Crippen molar-refractivity contribution in [2.24, 2.45) is 0 Å². The van der Waals surface area contributed by atoms with Gasteiger partial charge in [-0.05, 0) is 42.0 Å². The first-order valence-electron chi connectivity index (χ1n) is 10.2. The van der Waals surface area contributed by atoms with Crippen LogP contribution >= 0.6 is 27.5 Å². The minimum absolute atomic E-state index is 0.719. The van der Waals surface area contributed by atoms with E-state index in [0.717, 1.165) is 63.9 Å². The molecule has 4 nitrogen and oxygen atoms in total. The van der Waals surface area contributed by atoms with E-state index in [1.807, 2.05) is 54.9 Å². The van der Waals surface area contributed by atoms with Crippen molar-refractivity contribution in [2.75, 3.05) is 6.54 Å². The maximum atomic E-state index is 5.99. The molecular formula is C25H20BrClN4. The Bertz CT molecular complexity index is 1210. The van der Waals surface area contributed by atoms with Crippen molar-refractivity contribution in [3.63, 3.8) is 0 Å². The van der Waals surface area contributed by atoms with Gasteiger partial charge in [-0.2, -0.15) is 0 Å². The molecule has 0 saturated carbocycles. The number of halogens is 2. The molecule has 0 spiro atoms. The van der Waals surface area contributed by atoms with Crippen LogP contribution < -0.4 is 0 Å². The first-order chi connectivity index (χ1) is 15.2. The van der Waals surface area contributed by atoms with E-state index < -0.39 is 0 Å². The number of nitrogens with zero attached hydrogens (tertiary/aromatic N) is 4. The van der Waals surface area contributed by atoms with Gasteiger partial charge >= 0.3 is 0 Å². The summed E-state index contributed by atoms with van der Waals surface area (Å²) in [5, 5.41) is 0.719. The highest BCUT2D eigenvalue weighted by Crippen LogP contribution is 2.27. The number of fused-ring (bicyclic) bond motifs is 1. The summed E-state index contributed by atoms with van der Waals surface area (Å²) in [4.78, 5) is 16.5. The summed E-state index contributed by atoms with van der Waals surface area (Å²) in [5.74, 6) is 0.760. The summed E-state index contributed by atoms with van der Waals surface area (Å²) in [7, 11) is 0. The molecule has 0 bridgehead atoms. The molecule has 0 radical (unpaired) electrons. The lowest BCUT2D eigenvalue weighted by atomic mass is 10.1. The molecule has 0 saturated heterocycles. The van der Waals surface area contributed by atoms with Gasteiger partial charge in [-0.1, -0.05) is 51.8 Å². The number of pyridine rings is 1. The lowest BCUT2D eigenvalue weighted by Crippen LogP contribution is -2.31. The lowest BCUT2D eigenvalue weighted by molar-refractivity contribution is 0.242. The molecule has 4 aromatic rings. The fraction of sp³-hybridized carbons (Fsp3) is 0.160. The summed E-state index contributed by atoms with van der Waals surface area (Å²) in [6.45, 7) is 2.68. The van der Waals surface area contributed by atoms with E-state index in [9.17, 15) is 0 Å². The van der Waals surface area contributed by atoms with Gasteiger partial charge in [0.05, 0.1) is 11.4 Å². The van der Waals surface area contributed by atoms with Crippen molar-refractivity contribution >= 4 is 27.5 Å². The van der Waals surface area contributed by atoms with Crippen LogP contribution in [0.2, 0.25) is 5.02 Å². The van der Waals surface area contributed by atoms with E-state index in [1.165, 1.54) is 11.1 Å². The highest BCUT2D eigenvalue weighted by Gasteiger charge is 2.19. The van der Waals surface area contributed by atoms with Crippen molar-refractivity contribution in [3.8, 4) is 22.6 Å². The second-order valence-electron chi connectivity index (χ2n) is 7.66. The summed E-state index contributed by atoms with van der Waals surface area (Å²) in [5.41, 5.74) is 6.61. The predicted octanol–water partition coefficient (Wildman–Crippen LogP) is 6.18. The molecule has 3 heterocycles. The van der Waals surface area contributed by atoms with Gasteiger partial charge in [0.2, 0.25) is 0 Å². The smallest absolute Gasteiger partial charge is 0.159 e. The standard InChI is InChI=1S/C25H20BrClN4/c26-22-4-2-1-3-21(22)24-10-5-17(13-28-24)15-31-12-11-23-19(16-31)14-29-25(30-23)18-6-8-20(27)9-7-18/h1-10,13-14H,11-12,15-16H2. The Morgan fingerprint density at radius 2 is 1.77 bits per heavy atom. The van der Waals surface area contributed by atoms with Gasteiger partial charge in [-0.15, -0.1) is 0 Å². The third-order valence-electron chi connectivity index (χ3n) is 5.50. The van der Waals surface area contributed by atoms with Crippen LogP contribution in [0.1, 0.15) is 16.8 Å². The molecule has 0 amide bonds. The van der Waals surface area contributed by atoms with Gasteiger partial charge in [-0.25, -0.2) is 9.97 Å². The zero-order valence-corrected chi connectivity index (χ0v) is 19.1. The molecule has 31 heavy (non-hydrogen) atoms. The van der Waals surface area contributed by atoms with Crippen molar-refractivity contribution in [1.82, 2.24) is 19.9 Å². The van der Waals surface area contributed by atoms with E-state index in [2.05, 4.69) is 49.0 Å². The molecule has 5 rings (SSSR count). The molecule has 0 aliphatic carbocycles. The molecule has 1 aliphatic heterocycles. The highest BCUT2D eigenvalue weighted by atomic mass is 79.9.